The largest absolute Gasteiger partial charge is 0.496 e. The van der Waals surface area contributed by atoms with Crippen molar-refractivity contribution in [1.29, 1.82) is 5.26 Å². The highest BCUT2D eigenvalue weighted by Crippen LogP contribution is 2.36. The number of imide groups is 1. The summed E-state index contributed by atoms with van der Waals surface area (Å²) in [5.41, 5.74) is 1.94. The molecule has 142 valence electrons. The number of benzene rings is 3. The molecular weight excluding hydrogens is 384 g/mol. The van der Waals surface area contributed by atoms with Crippen molar-refractivity contribution < 1.29 is 14.3 Å². The molecule has 6 heteroatoms. The maximum atomic E-state index is 12.9. The zero-order valence-corrected chi connectivity index (χ0v) is 16.4. The fourth-order valence-corrected chi connectivity index (χ4v) is 4.14. The summed E-state index contributed by atoms with van der Waals surface area (Å²) in [6.45, 7) is 0.0785. The van der Waals surface area contributed by atoms with E-state index in [0.29, 0.717) is 16.0 Å². The first kappa shape index (κ1) is 18.8. The predicted octanol–water partition coefficient (Wildman–Crippen LogP) is 4.96. The molecule has 0 aliphatic carbocycles. The van der Waals surface area contributed by atoms with Crippen LogP contribution in [0.15, 0.2) is 65.6 Å². The van der Waals surface area contributed by atoms with Crippen molar-refractivity contribution in [2.45, 2.75) is 6.54 Å². The first-order chi connectivity index (χ1) is 14.1. The first-order valence-electron chi connectivity index (χ1n) is 8.91. The van der Waals surface area contributed by atoms with Gasteiger partial charge in [0.2, 0.25) is 0 Å². The summed E-state index contributed by atoms with van der Waals surface area (Å²) in [7, 11) is 1.62. The van der Waals surface area contributed by atoms with Crippen molar-refractivity contribution in [3.63, 3.8) is 0 Å². The average Bonchev–Trinajstić information content (AvgIpc) is 3.01. The molecule has 2 amide bonds. The average molecular weight is 400 g/mol. The van der Waals surface area contributed by atoms with E-state index in [2.05, 4.69) is 6.07 Å². The first-order valence-corrected chi connectivity index (χ1v) is 9.73. The van der Waals surface area contributed by atoms with Crippen molar-refractivity contribution in [3.05, 3.63) is 82.3 Å². The Morgan fingerprint density at radius 2 is 1.76 bits per heavy atom. The van der Waals surface area contributed by atoms with E-state index in [4.69, 9.17) is 4.74 Å². The molecule has 5 nitrogen and oxygen atoms in total. The Bertz CT molecular complexity index is 1210. The number of amides is 2. The fraction of sp³-hybridized carbons (Fsp3) is 0.0870. The van der Waals surface area contributed by atoms with Crippen molar-refractivity contribution in [1.82, 2.24) is 4.90 Å². The van der Waals surface area contributed by atoms with Crippen LogP contribution in [0.2, 0.25) is 0 Å². The van der Waals surface area contributed by atoms with Gasteiger partial charge >= 0.3 is 0 Å². The molecule has 0 radical (unpaired) electrons. The van der Waals surface area contributed by atoms with Gasteiger partial charge in [-0.2, -0.15) is 5.26 Å². The number of carbonyl (C=O) groups is 2. The SMILES string of the molecule is COc1ccc(/C=C2/SC(=O)N(Cc3ccccc3C#N)C2=O)c2ccccc12. The molecule has 0 atom stereocenters. The van der Waals surface area contributed by atoms with Crippen LogP contribution in [0.4, 0.5) is 4.79 Å². The normalized spacial score (nSPS) is 15.2. The van der Waals surface area contributed by atoms with E-state index in [9.17, 15) is 14.9 Å². The molecule has 0 N–H and O–H groups in total. The minimum atomic E-state index is -0.354. The molecule has 1 aliphatic rings. The van der Waals surface area contributed by atoms with E-state index in [1.807, 2.05) is 36.4 Å². The Morgan fingerprint density at radius 1 is 1.03 bits per heavy atom. The van der Waals surface area contributed by atoms with E-state index < -0.39 is 0 Å². The van der Waals surface area contributed by atoms with Gasteiger partial charge in [0.15, 0.2) is 0 Å². The second-order valence-corrected chi connectivity index (χ2v) is 7.43. The van der Waals surface area contributed by atoms with Crippen LogP contribution in [-0.2, 0) is 11.3 Å². The van der Waals surface area contributed by atoms with E-state index >= 15 is 0 Å². The van der Waals surface area contributed by atoms with Crippen LogP contribution in [0, 0.1) is 11.3 Å². The van der Waals surface area contributed by atoms with Gasteiger partial charge in [-0.1, -0.05) is 48.5 Å². The molecule has 1 fully saturated rings. The molecule has 0 bridgehead atoms. The van der Waals surface area contributed by atoms with Gasteiger partial charge in [0.1, 0.15) is 5.75 Å². The summed E-state index contributed by atoms with van der Waals surface area (Å²) in [6.07, 6.45) is 1.74. The van der Waals surface area contributed by atoms with Gasteiger partial charge in [0, 0.05) is 5.39 Å². The lowest BCUT2D eigenvalue weighted by molar-refractivity contribution is -0.123. The molecule has 1 saturated heterocycles. The summed E-state index contributed by atoms with van der Waals surface area (Å²) >= 11 is 0.912. The number of thioether (sulfide) groups is 1. The third kappa shape index (κ3) is 3.48. The minimum absolute atomic E-state index is 0.0785. The summed E-state index contributed by atoms with van der Waals surface area (Å²) in [5, 5.41) is 10.8. The van der Waals surface area contributed by atoms with Gasteiger partial charge in [0.05, 0.1) is 30.2 Å². The summed E-state index contributed by atoms with van der Waals surface area (Å²) in [5.74, 6) is 0.395. The number of methoxy groups -OCH3 is 1. The molecule has 1 aliphatic heterocycles. The molecule has 0 unspecified atom stereocenters. The third-order valence-electron chi connectivity index (χ3n) is 4.76. The smallest absolute Gasteiger partial charge is 0.293 e. The van der Waals surface area contributed by atoms with Crippen molar-refractivity contribution >= 4 is 39.8 Å². The van der Waals surface area contributed by atoms with Crippen LogP contribution in [0.25, 0.3) is 16.8 Å². The number of hydrogen-bond acceptors (Lipinski definition) is 5. The lowest BCUT2D eigenvalue weighted by Crippen LogP contribution is -2.27. The molecule has 0 saturated carbocycles. The number of nitriles is 1. The fourth-order valence-electron chi connectivity index (χ4n) is 3.31. The second kappa shape index (κ2) is 7.82. The second-order valence-electron chi connectivity index (χ2n) is 6.44. The number of hydrogen-bond donors (Lipinski definition) is 0. The number of fused-ring (bicyclic) bond motifs is 1. The zero-order chi connectivity index (χ0) is 20.4. The lowest BCUT2D eigenvalue weighted by Gasteiger charge is -2.13. The van der Waals surface area contributed by atoms with Gasteiger partial charge in [-0.25, -0.2) is 0 Å². The van der Waals surface area contributed by atoms with E-state index in [0.717, 1.165) is 33.8 Å². The topological polar surface area (TPSA) is 70.4 Å². The zero-order valence-electron chi connectivity index (χ0n) is 15.6. The highest BCUT2D eigenvalue weighted by atomic mass is 32.2. The Hall–Kier alpha value is -3.56. The number of nitrogens with zero attached hydrogens (tertiary/aromatic N) is 2. The van der Waals surface area contributed by atoms with Crippen molar-refractivity contribution in [2.24, 2.45) is 0 Å². The monoisotopic (exact) mass is 400 g/mol. The summed E-state index contributed by atoms with van der Waals surface area (Å²) in [6, 6.07) is 20.5. The number of ether oxygens (including phenoxy) is 1. The molecular formula is C23H16N2O3S. The highest BCUT2D eigenvalue weighted by molar-refractivity contribution is 8.18. The van der Waals surface area contributed by atoms with Crippen LogP contribution < -0.4 is 4.74 Å². The maximum Gasteiger partial charge on any atom is 0.293 e. The molecule has 29 heavy (non-hydrogen) atoms. The van der Waals surface area contributed by atoms with E-state index in [-0.39, 0.29) is 17.7 Å². The molecule has 0 spiro atoms. The summed E-state index contributed by atoms with van der Waals surface area (Å²) in [4.78, 5) is 26.9. The minimum Gasteiger partial charge on any atom is -0.496 e. The Balaban J connectivity index is 1.68. The van der Waals surface area contributed by atoms with Crippen LogP contribution in [0.3, 0.4) is 0 Å². The highest BCUT2D eigenvalue weighted by Gasteiger charge is 2.35. The Labute approximate surface area is 172 Å². The summed E-state index contributed by atoms with van der Waals surface area (Å²) < 4.78 is 5.41. The molecule has 3 aromatic carbocycles. The third-order valence-corrected chi connectivity index (χ3v) is 5.67. The van der Waals surface area contributed by atoms with Crippen molar-refractivity contribution in [3.8, 4) is 11.8 Å². The van der Waals surface area contributed by atoms with E-state index in [1.165, 1.54) is 4.90 Å². The van der Waals surface area contributed by atoms with Crippen LogP contribution in [0.1, 0.15) is 16.7 Å². The lowest BCUT2D eigenvalue weighted by atomic mass is 10.0. The molecule has 3 aromatic rings. The standard InChI is InChI=1S/C23H16N2O3S/c1-28-20-11-10-15(18-8-4-5-9-19(18)20)12-21-22(26)25(23(27)29-21)14-17-7-3-2-6-16(17)13-24/h2-12H,14H2,1H3/b21-12+. The van der Waals surface area contributed by atoms with Gasteiger partial charge in [-0.15, -0.1) is 0 Å². The predicted molar refractivity (Wildman–Crippen MR) is 113 cm³/mol. The maximum absolute atomic E-state index is 12.9. The number of carbonyl (C=O) groups excluding carboxylic acids is 2. The number of rotatable bonds is 4. The van der Waals surface area contributed by atoms with Crippen molar-refractivity contribution in [2.75, 3.05) is 7.11 Å². The Kier molecular flexibility index (Phi) is 5.07. The Morgan fingerprint density at radius 3 is 2.52 bits per heavy atom. The quantitative estimate of drug-likeness (QED) is 0.579. The van der Waals surface area contributed by atoms with Crippen LogP contribution in [0.5, 0.6) is 5.75 Å². The molecule has 1 heterocycles. The van der Waals surface area contributed by atoms with Gasteiger partial charge in [0.25, 0.3) is 11.1 Å². The van der Waals surface area contributed by atoms with Gasteiger partial charge in [-0.05, 0) is 46.5 Å². The van der Waals surface area contributed by atoms with Gasteiger partial charge < -0.3 is 4.74 Å². The molecule has 4 rings (SSSR count). The van der Waals surface area contributed by atoms with Gasteiger partial charge in [-0.3, -0.25) is 14.5 Å². The van der Waals surface area contributed by atoms with E-state index in [1.54, 1.807) is 37.5 Å². The van der Waals surface area contributed by atoms with Crippen LogP contribution >= 0.6 is 11.8 Å². The molecule has 0 aromatic heterocycles. The van der Waals surface area contributed by atoms with Crippen LogP contribution in [-0.4, -0.2) is 23.2 Å².